The molecule has 0 unspecified atom stereocenters. The van der Waals surface area contributed by atoms with Gasteiger partial charge in [0.25, 0.3) is 0 Å². The molecule has 114 valence electrons. The topological polar surface area (TPSA) is 24.5 Å². The highest BCUT2D eigenvalue weighted by molar-refractivity contribution is 4.74. The molecule has 1 aliphatic carbocycles. The smallest absolute Gasteiger partial charge is 0.0589 e. The standard InChI is InChI=1S/C16H34N2O/c1-4-16(5-2)18(13-14-19-3)12-11-17-15-9-7-6-8-10-15/h15-17H,4-14H2,1-3H3. The lowest BCUT2D eigenvalue weighted by Gasteiger charge is -2.31. The lowest BCUT2D eigenvalue weighted by Crippen LogP contribution is -2.43. The molecule has 1 rings (SSSR count). The van der Waals surface area contributed by atoms with Crippen LogP contribution in [0.2, 0.25) is 0 Å². The van der Waals surface area contributed by atoms with Crippen LogP contribution in [0.5, 0.6) is 0 Å². The summed E-state index contributed by atoms with van der Waals surface area (Å²) in [4.78, 5) is 2.60. The predicted molar refractivity (Wildman–Crippen MR) is 82.7 cm³/mol. The minimum atomic E-state index is 0.711. The first-order valence-electron chi connectivity index (χ1n) is 8.28. The van der Waals surface area contributed by atoms with Gasteiger partial charge in [0.2, 0.25) is 0 Å². The van der Waals surface area contributed by atoms with Gasteiger partial charge in [0, 0.05) is 38.8 Å². The number of nitrogens with one attached hydrogen (secondary N) is 1. The molecule has 3 heteroatoms. The summed E-state index contributed by atoms with van der Waals surface area (Å²) in [6, 6.07) is 1.49. The van der Waals surface area contributed by atoms with Crippen molar-refractivity contribution in [3.8, 4) is 0 Å². The van der Waals surface area contributed by atoms with Gasteiger partial charge >= 0.3 is 0 Å². The molecular formula is C16H34N2O. The van der Waals surface area contributed by atoms with Gasteiger partial charge in [0.15, 0.2) is 0 Å². The molecule has 0 saturated heterocycles. The normalized spacial score (nSPS) is 17.5. The fourth-order valence-electron chi connectivity index (χ4n) is 3.21. The van der Waals surface area contributed by atoms with Gasteiger partial charge in [-0.3, -0.25) is 4.90 Å². The van der Waals surface area contributed by atoms with Crippen molar-refractivity contribution in [3.63, 3.8) is 0 Å². The van der Waals surface area contributed by atoms with Crippen molar-refractivity contribution in [2.45, 2.75) is 70.9 Å². The lowest BCUT2D eigenvalue weighted by atomic mass is 9.95. The Morgan fingerprint density at radius 3 is 2.37 bits per heavy atom. The summed E-state index contributed by atoms with van der Waals surface area (Å²) >= 11 is 0. The average molecular weight is 270 g/mol. The Morgan fingerprint density at radius 1 is 1.11 bits per heavy atom. The molecule has 1 aliphatic rings. The molecule has 19 heavy (non-hydrogen) atoms. The van der Waals surface area contributed by atoms with E-state index in [0.717, 1.165) is 32.3 Å². The summed E-state index contributed by atoms with van der Waals surface area (Å²) < 4.78 is 5.25. The van der Waals surface area contributed by atoms with Gasteiger partial charge in [-0.2, -0.15) is 0 Å². The molecule has 0 aromatic rings. The maximum absolute atomic E-state index is 5.25. The lowest BCUT2D eigenvalue weighted by molar-refractivity contribution is 0.114. The zero-order valence-electron chi connectivity index (χ0n) is 13.3. The van der Waals surface area contributed by atoms with E-state index in [1.165, 1.54) is 44.9 Å². The van der Waals surface area contributed by atoms with Gasteiger partial charge in [-0.15, -0.1) is 0 Å². The third-order valence-corrected chi connectivity index (χ3v) is 4.48. The van der Waals surface area contributed by atoms with E-state index in [1.54, 1.807) is 7.11 Å². The molecule has 1 fully saturated rings. The second kappa shape index (κ2) is 10.6. The Bertz CT molecular complexity index is 201. The Hall–Kier alpha value is -0.120. The van der Waals surface area contributed by atoms with E-state index in [0.29, 0.717) is 6.04 Å². The summed E-state index contributed by atoms with van der Waals surface area (Å²) in [5, 5.41) is 3.75. The SMILES string of the molecule is CCC(CC)N(CCNC1CCCCC1)CCOC. The monoisotopic (exact) mass is 270 g/mol. The van der Waals surface area contributed by atoms with Crippen molar-refractivity contribution in [1.82, 2.24) is 10.2 Å². The minimum Gasteiger partial charge on any atom is -0.383 e. The third-order valence-electron chi connectivity index (χ3n) is 4.48. The van der Waals surface area contributed by atoms with E-state index in [4.69, 9.17) is 4.74 Å². The zero-order chi connectivity index (χ0) is 13.9. The van der Waals surface area contributed by atoms with Crippen molar-refractivity contribution >= 4 is 0 Å². The maximum atomic E-state index is 5.25. The van der Waals surface area contributed by atoms with Crippen LogP contribution < -0.4 is 5.32 Å². The molecular weight excluding hydrogens is 236 g/mol. The molecule has 0 amide bonds. The van der Waals surface area contributed by atoms with E-state index >= 15 is 0 Å². The first-order chi connectivity index (χ1) is 9.31. The van der Waals surface area contributed by atoms with Gasteiger partial charge in [-0.05, 0) is 25.7 Å². The summed E-state index contributed by atoms with van der Waals surface area (Å²) in [5.74, 6) is 0. The molecule has 0 aromatic carbocycles. The second-order valence-electron chi connectivity index (χ2n) is 5.79. The summed E-state index contributed by atoms with van der Waals surface area (Å²) in [6.45, 7) is 8.79. The number of methoxy groups -OCH3 is 1. The van der Waals surface area contributed by atoms with Gasteiger partial charge in [-0.1, -0.05) is 33.1 Å². The van der Waals surface area contributed by atoms with E-state index < -0.39 is 0 Å². The van der Waals surface area contributed by atoms with Gasteiger partial charge in [0.05, 0.1) is 6.61 Å². The van der Waals surface area contributed by atoms with Crippen LogP contribution in [0.4, 0.5) is 0 Å². The van der Waals surface area contributed by atoms with Crippen LogP contribution in [-0.4, -0.2) is 50.3 Å². The summed E-state index contributed by atoms with van der Waals surface area (Å²) in [5.41, 5.74) is 0. The van der Waals surface area contributed by atoms with E-state index in [-0.39, 0.29) is 0 Å². The van der Waals surface area contributed by atoms with Crippen molar-refractivity contribution in [2.24, 2.45) is 0 Å². The number of rotatable bonds is 10. The van der Waals surface area contributed by atoms with Crippen LogP contribution in [0.1, 0.15) is 58.8 Å². The van der Waals surface area contributed by atoms with Crippen molar-refractivity contribution in [1.29, 1.82) is 0 Å². The molecule has 0 aromatic heterocycles. The first-order valence-corrected chi connectivity index (χ1v) is 8.28. The highest BCUT2D eigenvalue weighted by atomic mass is 16.5. The number of ether oxygens (including phenoxy) is 1. The number of hydrogen-bond donors (Lipinski definition) is 1. The Kier molecular flexibility index (Phi) is 9.48. The van der Waals surface area contributed by atoms with Crippen molar-refractivity contribution in [3.05, 3.63) is 0 Å². The second-order valence-corrected chi connectivity index (χ2v) is 5.79. The maximum Gasteiger partial charge on any atom is 0.0589 e. The van der Waals surface area contributed by atoms with Gasteiger partial charge in [0.1, 0.15) is 0 Å². The van der Waals surface area contributed by atoms with E-state index in [9.17, 15) is 0 Å². The average Bonchev–Trinajstić information content (AvgIpc) is 2.46. The Morgan fingerprint density at radius 2 is 1.79 bits per heavy atom. The number of hydrogen-bond acceptors (Lipinski definition) is 3. The summed E-state index contributed by atoms with van der Waals surface area (Å²) in [6.07, 6.45) is 9.50. The van der Waals surface area contributed by atoms with E-state index in [2.05, 4.69) is 24.1 Å². The molecule has 0 bridgehead atoms. The highest BCUT2D eigenvalue weighted by Gasteiger charge is 2.16. The molecule has 0 heterocycles. The molecule has 0 aliphatic heterocycles. The summed E-state index contributed by atoms with van der Waals surface area (Å²) in [7, 11) is 1.80. The van der Waals surface area contributed by atoms with Crippen LogP contribution in [0.25, 0.3) is 0 Å². The Balaban J connectivity index is 2.25. The first kappa shape index (κ1) is 16.9. The van der Waals surface area contributed by atoms with Gasteiger partial charge in [-0.25, -0.2) is 0 Å². The van der Waals surface area contributed by atoms with Crippen LogP contribution in [0.3, 0.4) is 0 Å². The third kappa shape index (κ3) is 6.73. The van der Waals surface area contributed by atoms with E-state index in [1.807, 2.05) is 0 Å². The van der Waals surface area contributed by atoms with Gasteiger partial charge < -0.3 is 10.1 Å². The largest absolute Gasteiger partial charge is 0.383 e. The predicted octanol–water partition coefficient (Wildman–Crippen LogP) is 3.05. The minimum absolute atomic E-state index is 0.711. The Labute approximate surface area is 120 Å². The van der Waals surface area contributed by atoms with Crippen LogP contribution in [-0.2, 0) is 4.74 Å². The zero-order valence-corrected chi connectivity index (χ0v) is 13.3. The van der Waals surface area contributed by atoms with Crippen molar-refractivity contribution in [2.75, 3.05) is 33.4 Å². The molecule has 0 radical (unpaired) electrons. The molecule has 0 atom stereocenters. The fourth-order valence-corrected chi connectivity index (χ4v) is 3.21. The molecule has 0 spiro atoms. The van der Waals surface area contributed by atoms with Crippen LogP contribution >= 0.6 is 0 Å². The quantitative estimate of drug-likeness (QED) is 0.660. The van der Waals surface area contributed by atoms with Crippen LogP contribution in [0.15, 0.2) is 0 Å². The van der Waals surface area contributed by atoms with Crippen molar-refractivity contribution < 1.29 is 4.74 Å². The van der Waals surface area contributed by atoms with Crippen LogP contribution in [0, 0.1) is 0 Å². The highest BCUT2D eigenvalue weighted by Crippen LogP contribution is 2.17. The number of nitrogens with zero attached hydrogens (tertiary/aromatic N) is 1. The molecule has 3 nitrogen and oxygen atoms in total. The fraction of sp³-hybridized carbons (Fsp3) is 1.00. The molecule has 1 saturated carbocycles. The molecule has 1 N–H and O–H groups in total.